The summed E-state index contributed by atoms with van der Waals surface area (Å²) in [5.74, 6) is -2.20. The Balaban J connectivity index is 2.38. The molecule has 2 rings (SSSR count). The van der Waals surface area contributed by atoms with Crippen molar-refractivity contribution in [1.29, 1.82) is 0 Å². The summed E-state index contributed by atoms with van der Waals surface area (Å²) in [5.41, 5.74) is 0.548. The summed E-state index contributed by atoms with van der Waals surface area (Å²) >= 11 is 2.83. The summed E-state index contributed by atoms with van der Waals surface area (Å²) in [4.78, 5) is -0.702. The summed E-state index contributed by atoms with van der Waals surface area (Å²) in [6.07, 6.45) is 0. The van der Waals surface area contributed by atoms with Crippen molar-refractivity contribution in [2.24, 2.45) is 0 Å². The maximum absolute atomic E-state index is 13.7. The molecule has 0 saturated carbocycles. The number of nitrogens with zero attached hydrogens (tertiary/aromatic N) is 1. The van der Waals surface area contributed by atoms with Gasteiger partial charge in [-0.3, -0.25) is 0 Å². The number of aromatic nitrogens is 1. The van der Waals surface area contributed by atoms with E-state index in [1.165, 1.54) is 6.07 Å². The number of halogens is 3. The fraction of sp³-hybridized carbons (Fsp3) is 0.250. The molecule has 0 amide bonds. The number of sulfonamides is 1. The number of anilines is 1. The third-order valence-electron chi connectivity index (χ3n) is 2.59. The molecule has 0 aliphatic rings. The molecule has 1 heterocycles. The molecule has 0 fully saturated rings. The highest BCUT2D eigenvalue weighted by Crippen LogP contribution is 2.28. The van der Waals surface area contributed by atoms with E-state index in [9.17, 15) is 17.2 Å². The van der Waals surface area contributed by atoms with Crippen LogP contribution in [0, 0.1) is 11.6 Å². The third-order valence-corrected chi connectivity index (χ3v) is 4.90. The van der Waals surface area contributed by atoms with Gasteiger partial charge in [0.2, 0.25) is 5.88 Å². The number of hydrogen-bond donors (Lipinski definition) is 1. The van der Waals surface area contributed by atoms with Crippen molar-refractivity contribution in [1.82, 2.24) is 5.16 Å². The van der Waals surface area contributed by atoms with Gasteiger partial charge in [-0.15, -0.1) is 0 Å². The first kappa shape index (κ1) is 15.9. The monoisotopic (exact) mass is 380 g/mol. The van der Waals surface area contributed by atoms with Gasteiger partial charge in [0, 0.05) is 16.6 Å². The molecule has 1 aromatic heterocycles. The molecule has 9 heteroatoms. The van der Waals surface area contributed by atoms with Gasteiger partial charge in [0.15, 0.2) is 0 Å². The van der Waals surface area contributed by atoms with Gasteiger partial charge in [0.1, 0.15) is 16.5 Å². The lowest BCUT2D eigenvalue weighted by molar-refractivity contribution is 0.423. The molecule has 1 aromatic carbocycles. The summed E-state index contributed by atoms with van der Waals surface area (Å²) in [6.45, 7) is 3.71. The highest BCUT2D eigenvalue weighted by molar-refractivity contribution is 9.10. The molecule has 2 aromatic rings. The van der Waals surface area contributed by atoms with Gasteiger partial charge in [-0.05, 0) is 27.9 Å². The Bertz CT molecular complexity index is 752. The van der Waals surface area contributed by atoms with E-state index < -0.39 is 26.6 Å². The lowest BCUT2D eigenvalue weighted by Gasteiger charge is -2.08. The molecular weight excluding hydrogens is 370 g/mol. The van der Waals surface area contributed by atoms with E-state index in [1.54, 1.807) is 0 Å². The molecule has 0 saturated heterocycles. The van der Waals surface area contributed by atoms with Crippen LogP contribution >= 0.6 is 15.9 Å². The zero-order valence-corrected chi connectivity index (χ0v) is 13.4. The summed E-state index contributed by atoms with van der Waals surface area (Å²) < 4.78 is 57.7. The molecule has 0 spiro atoms. The van der Waals surface area contributed by atoms with Crippen molar-refractivity contribution >= 4 is 31.8 Å². The van der Waals surface area contributed by atoms with Gasteiger partial charge in [-0.25, -0.2) is 21.9 Å². The van der Waals surface area contributed by atoms with E-state index in [-0.39, 0.29) is 16.3 Å². The van der Waals surface area contributed by atoms with Crippen LogP contribution in [0.1, 0.15) is 25.5 Å². The lowest BCUT2D eigenvalue weighted by atomic mass is 10.1. The molecule has 114 valence electrons. The average molecular weight is 381 g/mol. The van der Waals surface area contributed by atoms with Crippen molar-refractivity contribution in [2.75, 3.05) is 4.72 Å². The molecule has 5 nitrogen and oxygen atoms in total. The Morgan fingerprint density at radius 1 is 1.29 bits per heavy atom. The Morgan fingerprint density at radius 3 is 2.48 bits per heavy atom. The lowest BCUT2D eigenvalue weighted by Crippen LogP contribution is -2.15. The maximum Gasteiger partial charge on any atom is 0.268 e. The molecule has 0 unspecified atom stereocenters. The minimum atomic E-state index is -4.28. The van der Waals surface area contributed by atoms with Crippen molar-refractivity contribution < 1.29 is 21.7 Å². The van der Waals surface area contributed by atoms with Gasteiger partial charge in [-0.1, -0.05) is 19.0 Å². The van der Waals surface area contributed by atoms with Crippen molar-refractivity contribution in [3.63, 3.8) is 0 Å². The molecule has 0 aliphatic heterocycles. The second-order valence-corrected chi connectivity index (χ2v) is 7.05. The zero-order valence-electron chi connectivity index (χ0n) is 11.0. The van der Waals surface area contributed by atoms with E-state index in [0.29, 0.717) is 11.8 Å². The minimum absolute atomic E-state index is 0.0429. The van der Waals surface area contributed by atoms with Gasteiger partial charge in [-0.2, -0.15) is 0 Å². The van der Waals surface area contributed by atoms with Crippen LogP contribution in [0.3, 0.4) is 0 Å². The van der Waals surface area contributed by atoms with Gasteiger partial charge >= 0.3 is 0 Å². The molecule has 21 heavy (non-hydrogen) atoms. The van der Waals surface area contributed by atoms with Crippen molar-refractivity contribution in [2.45, 2.75) is 24.7 Å². The third kappa shape index (κ3) is 3.41. The molecule has 1 N–H and O–H groups in total. The minimum Gasteiger partial charge on any atom is -0.338 e. The van der Waals surface area contributed by atoms with Crippen LogP contribution in [0.5, 0.6) is 0 Å². The second-order valence-electron chi connectivity index (χ2n) is 4.57. The zero-order chi connectivity index (χ0) is 15.8. The van der Waals surface area contributed by atoms with E-state index in [0.717, 1.165) is 6.07 Å². The topological polar surface area (TPSA) is 72.2 Å². The smallest absolute Gasteiger partial charge is 0.268 e. The predicted octanol–water partition coefficient (Wildman–Crippen LogP) is 3.64. The number of benzene rings is 1. The predicted molar refractivity (Wildman–Crippen MR) is 75.5 cm³/mol. The SMILES string of the molecule is CC(C)c1cc(NS(=O)(=O)c2c(F)cc(F)cc2Br)on1. The second kappa shape index (κ2) is 5.72. The fourth-order valence-electron chi connectivity index (χ4n) is 1.58. The standard InChI is InChI=1S/C12H11BrF2N2O3S/c1-6(2)10-5-11(20-16-10)17-21(18,19)12-8(13)3-7(14)4-9(12)15/h3-6,17H,1-2H3. The molecular formula is C12H11BrF2N2O3S. The van der Waals surface area contributed by atoms with Gasteiger partial charge in [0.25, 0.3) is 10.0 Å². The van der Waals surface area contributed by atoms with Crippen LogP contribution in [0.4, 0.5) is 14.7 Å². The van der Waals surface area contributed by atoms with E-state index >= 15 is 0 Å². The molecule has 0 radical (unpaired) electrons. The Labute approximate surface area is 128 Å². The summed E-state index contributed by atoms with van der Waals surface area (Å²) in [7, 11) is -4.28. The van der Waals surface area contributed by atoms with Crippen LogP contribution in [-0.4, -0.2) is 13.6 Å². The first-order chi connectivity index (χ1) is 9.70. The Hall–Kier alpha value is -1.48. The largest absolute Gasteiger partial charge is 0.338 e. The van der Waals surface area contributed by atoms with Crippen LogP contribution in [0.25, 0.3) is 0 Å². The van der Waals surface area contributed by atoms with E-state index in [2.05, 4.69) is 25.8 Å². The van der Waals surface area contributed by atoms with Crippen molar-refractivity contribution in [3.05, 3.63) is 40.0 Å². The number of hydrogen-bond acceptors (Lipinski definition) is 4. The number of rotatable bonds is 4. The highest BCUT2D eigenvalue weighted by atomic mass is 79.9. The molecule has 0 atom stereocenters. The van der Waals surface area contributed by atoms with Gasteiger partial charge < -0.3 is 4.52 Å². The summed E-state index contributed by atoms with van der Waals surface area (Å²) in [6, 6.07) is 2.74. The molecule has 0 bridgehead atoms. The number of nitrogens with one attached hydrogen (secondary N) is 1. The highest BCUT2D eigenvalue weighted by Gasteiger charge is 2.25. The average Bonchev–Trinajstić information content (AvgIpc) is 2.74. The molecule has 0 aliphatic carbocycles. The maximum atomic E-state index is 13.7. The van der Waals surface area contributed by atoms with Crippen LogP contribution < -0.4 is 4.72 Å². The normalized spacial score (nSPS) is 11.9. The van der Waals surface area contributed by atoms with Crippen LogP contribution in [0.15, 0.2) is 32.1 Å². The summed E-state index contributed by atoms with van der Waals surface area (Å²) in [5, 5.41) is 3.69. The fourth-order valence-corrected chi connectivity index (χ4v) is 3.72. The Morgan fingerprint density at radius 2 is 1.95 bits per heavy atom. The first-order valence-electron chi connectivity index (χ1n) is 5.84. The van der Waals surface area contributed by atoms with E-state index in [4.69, 9.17) is 4.52 Å². The van der Waals surface area contributed by atoms with Gasteiger partial charge in [0.05, 0.1) is 5.69 Å². The van der Waals surface area contributed by atoms with Crippen molar-refractivity contribution in [3.8, 4) is 0 Å². The van der Waals surface area contributed by atoms with E-state index in [1.807, 2.05) is 13.8 Å². The van der Waals surface area contributed by atoms with Crippen LogP contribution in [-0.2, 0) is 10.0 Å². The Kier molecular flexibility index (Phi) is 4.33. The quantitative estimate of drug-likeness (QED) is 0.878. The van der Waals surface area contributed by atoms with Crippen LogP contribution in [0.2, 0.25) is 0 Å². The first-order valence-corrected chi connectivity index (χ1v) is 8.12.